The monoisotopic (exact) mass is 251 g/mol. The van der Waals surface area contributed by atoms with Crippen LogP contribution in [-0.2, 0) is 0 Å². The van der Waals surface area contributed by atoms with Crippen LogP contribution in [0, 0.1) is 0 Å². The first-order valence-electron chi connectivity index (χ1n) is 5.92. The van der Waals surface area contributed by atoms with Gasteiger partial charge in [0.1, 0.15) is 0 Å². The summed E-state index contributed by atoms with van der Waals surface area (Å²) in [5.74, 6) is 1.93. The summed E-state index contributed by atoms with van der Waals surface area (Å²) in [6.45, 7) is 4.42. The van der Waals surface area contributed by atoms with Gasteiger partial charge in [0.15, 0.2) is 11.5 Å². The number of hydrogen-bond acceptors (Lipinski definition) is 4. The molecule has 4 nitrogen and oxygen atoms in total. The van der Waals surface area contributed by atoms with Gasteiger partial charge in [-0.1, -0.05) is 12.2 Å². The van der Waals surface area contributed by atoms with Gasteiger partial charge in [0, 0.05) is 12.1 Å². The van der Waals surface area contributed by atoms with Gasteiger partial charge in [0.2, 0.25) is 5.75 Å². The molecule has 0 fully saturated rings. The van der Waals surface area contributed by atoms with Crippen molar-refractivity contribution in [3.05, 3.63) is 23.8 Å². The molecule has 0 bridgehead atoms. The molecule has 0 aliphatic heterocycles. The fourth-order valence-electron chi connectivity index (χ4n) is 1.60. The highest BCUT2D eigenvalue weighted by Crippen LogP contribution is 2.40. The van der Waals surface area contributed by atoms with Crippen LogP contribution in [0.1, 0.15) is 19.4 Å². The molecule has 0 aromatic heterocycles. The Labute approximate surface area is 108 Å². The van der Waals surface area contributed by atoms with Gasteiger partial charge in [0.25, 0.3) is 0 Å². The van der Waals surface area contributed by atoms with E-state index in [1.54, 1.807) is 14.2 Å². The fourth-order valence-corrected chi connectivity index (χ4v) is 1.60. The molecular formula is C14H21NO3. The molecule has 0 spiro atoms. The lowest BCUT2D eigenvalue weighted by Gasteiger charge is -2.18. The highest BCUT2D eigenvalue weighted by molar-refractivity contribution is 5.66. The average Bonchev–Trinajstić information content (AvgIpc) is 2.36. The Morgan fingerprint density at radius 3 is 2.39 bits per heavy atom. The van der Waals surface area contributed by atoms with Crippen molar-refractivity contribution < 1.29 is 14.2 Å². The zero-order valence-electron chi connectivity index (χ0n) is 11.4. The van der Waals surface area contributed by atoms with Crippen molar-refractivity contribution in [1.82, 2.24) is 0 Å². The van der Waals surface area contributed by atoms with Gasteiger partial charge in [-0.15, -0.1) is 0 Å². The molecule has 0 saturated heterocycles. The van der Waals surface area contributed by atoms with Gasteiger partial charge in [-0.2, -0.15) is 0 Å². The van der Waals surface area contributed by atoms with Crippen molar-refractivity contribution in [3.8, 4) is 17.2 Å². The Morgan fingerprint density at radius 1 is 1.17 bits per heavy atom. The standard InChI is InChI=1S/C14H21NO3/c1-10(2)18-13-11(6-5-9-15)7-8-12(16-3)14(13)17-4/h5-8,10H,9,15H2,1-4H3/b6-5+. The van der Waals surface area contributed by atoms with E-state index >= 15 is 0 Å². The number of methoxy groups -OCH3 is 2. The Morgan fingerprint density at radius 2 is 1.89 bits per heavy atom. The minimum absolute atomic E-state index is 0.0519. The zero-order chi connectivity index (χ0) is 13.5. The van der Waals surface area contributed by atoms with E-state index in [1.807, 2.05) is 38.1 Å². The van der Waals surface area contributed by atoms with Crippen LogP contribution in [0.3, 0.4) is 0 Å². The second-order valence-electron chi connectivity index (χ2n) is 4.02. The second kappa shape index (κ2) is 6.91. The van der Waals surface area contributed by atoms with Crippen molar-refractivity contribution in [1.29, 1.82) is 0 Å². The van der Waals surface area contributed by atoms with Crippen molar-refractivity contribution >= 4 is 6.08 Å². The fraction of sp³-hybridized carbons (Fsp3) is 0.429. The van der Waals surface area contributed by atoms with E-state index < -0.39 is 0 Å². The molecule has 18 heavy (non-hydrogen) atoms. The Balaban J connectivity index is 3.29. The maximum absolute atomic E-state index is 5.81. The van der Waals surface area contributed by atoms with Crippen LogP contribution >= 0.6 is 0 Å². The topological polar surface area (TPSA) is 53.7 Å². The minimum Gasteiger partial charge on any atom is -0.493 e. The van der Waals surface area contributed by atoms with Gasteiger partial charge in [-0.05, 0) is 26.0 Å². The first-order valence-corrected chi connectivity index (χ1v) is 5.92. The van der Waals surface area contributed by atoms with Crippen molar-refractivity contribution in [2.24, 2.45) is 5.73 Å². The molecule has 1 aromatic carbocycles. The maximum Gasteiger partial charge on any atom is 0.203 e. The summed E-state index contributed by atoms with van der Waals surface area (Å²) in [5, 5.41) is 0. The first-order chi connectivity index (χ1) is 8.63. The molecule has 1 aromatic rings. The molecular weight excluding hydrogens is 230 g/mol. The highest BCUT2D eigenvalue weighted by atomic mass is 16.5. The molecule has 1 rings (SSSR count). The number of rotatable bonds is 6. The molecule has 0 amide bonds. The molecule has 2 N–H and O–H groups in total. The van der Waals surface area contributed by atoms with Crippen LogP contribution < -0.4 is 19.9 Å². The molecule has 0 saturated carbocycles. The van der Waals surface area contributed by atoms with Gasteiger partial charge < -0.3 is 19.9 Å². The summed E-state index contributed by atoms with van der Waals surface area (Å²) < 4.78 is 16.4. The third-order valence-electron chi connectivity index (χ3n) is 2.32. The van der Waals surface area contributed by atoms with Crippen molar-refractivity contribution in [2.45, 2.75) is 20.0 Å². The van der Waals surface area contributed by atoms with Crippen molar-refractivity contribution in [2.75, 3.05) is 20.8 Å². The van der Waals surface area contributed by atoms with Crippen LogP contribution in [0.25, 0.3) is 6.08 Å². The van der Waals surface area contributed by atoms with Crippen LogP contribution in [-0.4, -0.2) is 26.9 Å². The third kappa shape index (κ3) is 3.40. The number of ether oxygens (including phenoxy) is 3. The molecule has 0 heterocycles. The van der Waals surface area contributed by atoms with Gasteiger partial charge in [-0.25, -0.2) is 0 Å². The molecule has 100 valence electrons. The first kappa shape index (κ1) is 14.4. The highest BCUT2D eigenvalue weighted by Gasteiger charge is 2.16. The molecule has 0 atom stereocenters. The predicted molar refractivity (Wildman–Crippen MR) is 73.4 cm³/mol. The summed E-state index contributed by atoms with van der Waals surface area (Å²) in [4.78, 5) is 0. The quantitative estimate of drug-likeness (QED) is 0.843. The summed E-state index contributed by atoms with van der Waals surface area (Å²) >= 11 is 0. The van der Waals surface area contributed by atoms with E-state index in [-0.39, 0.29) is 6.10 Å². The average molecular weight is 251 g/mol. The largest absolute Gasteiger partial charge is 0.493 e. The molecule has 0 aliphatic rings. The van der Waals surface area contributed by atoms with Crippen LogP contribution in [0.15, 0.2) is 18.2 Å². The van der Waals surface area contributed by atoms with Gasteiger partial charge >= 0.3 is 0 Å². The Bertz CT molecular complexity index is 414. The van der Waals surface area contributed by atoms with Crippen LogP contribution in [0.5, 0.6) is 17.2 Å². The molecule has 0 aliphatic carbocycles. The Hall–Kier alpha value is -1.68. The van der Waals surface area contributed by atoms with E-state index in [1.165, 1.54) is 0 Å². The second-order valence-corrected chi connectivity index (χ2v) is 4.02. The van der Waals surface area contributed by atoms with E-state index in [0.717, 1.165) is 5.56 Å². The predicted octanol–water partition coefficient (Wildman–Crippen LogP) is 2.46. The number of nitrogens with two attached hydrogens (primary N) is 1. The lowest BCUT2D eigenvalue weighted by molar-refractivity contribution is 0.226. The number of hydrogen-bond donors (Lipinski definition) is 1. The molecule has 4 heteroatoms. The minimum atomic E-state index is 0.0519. The Kier molecular flexibility index (Phi) is 5.52. The van der Waals surface area contributed by atoms with E-state index in [9.17, 15) is 0 Å². The zero-order valence-corrected chi connectivity index (χ0v) is 11.4. The molecule has 0 unspecified atom stereocenters. The number of benzene rings is 1. The van der Waals surface area contributed by atoms with E-state index in [0.29, 0.717) is 23.8 Å². The van der Waals surface area contributed by atoms with E-state index in [4.69, 9.17) is 19.9 Å². The summed E-state index contributed by atoms with van der Waals surface area (Å²) in [7, 11) is 3.20. The van der Waals surface area contributed by atoms with Crippen LogP contribution in [0.2, 0.25) is 0 Å². The normalized spacial score (nSPS) is 11.0. The smallest absolute Gasteiger partial charge is 0.203 e. The lowest BCUT2D eigenvalue weighted by atomic mass is 10.1. The SMILES string of the molecule is COc1ccc(/C=C/CN)c(OC(C)C)c1OC. The van der Waals surface area contributed by atoms with Gasteiger partial charge in [0.05, 0.1) is 20.3 Å². The molecule has 0 radical (unpaired) electrons. The summed E-state index contributed by atoms with van der Waals surface area (Å²) in [6.07, 6.45) is 3.84. The van der Waals surface area contributed by atoms with Crippen molar-refractivity contribution in [3.63, 3.8) is 0 Å². The van der Waals surface area contributed by atoms with Crippen LogP contribution in [0.4, 0.5) is 0 Å². The summed E-state index contributed by atoms with van der Waals surface area (Å²) in [5.41, 5.74) is 6.39. The van der Waals surface area contributed by atoms with E-state index in [2.05, 4.69) is 0 Å². The lowest BCUT2D eigenvalue weighted by Crippen LogP contribution is -2.08. The third-order valence-corrected chi connectivity index (χ3v) is 2.32. The van der Waals surface area contributed by atoms with Gasteiger partial charge in [-0.3, -0.25) is 0 Å². The summed E-state index contributed by atoms with van der Waals surface area (Å²) in [6, 6.07) is 3.77. The maximum atomic E-state index is 5.81.